The van der Waals surface area contributed by atoms with E-state index in [2.05, 4.69) is 0 Å². The van der Waals surface area contributed by atoms with Gasteiger partial charge in [0.05, 0.1) is 12.0 Å². The van der Waals surface area contributed by atoms with Gasteiger partial charge in [-0.3, -0.25) is 0 Å². The van der Waals surface area contributed by atoms with Gasteiger partial charge in [0.15, 0.2) is 11.6 Å². The van der Waals surface area contributed by atoms with E-state index in [1.54, 1.807) is 0 Å². The molecule has 1 saturated heterocycles. The third-order valence-corrected chi connectivity index (χ3v) is 5.60. The average molecular weight is 302 g/mol. The van der Waals surface area contributed by atoms with E-state index < -0.39 is 15.8 Å². The molecule has 0 spiro atoms. The average Bonchev–Trinajstić information content (AvgIpc) is 2.38. The Hall–Kier alpha value is -1.18. The molecule has 0 saturated carbocycles. The summed E-state index contributed by atoms with van der Waals surface area (Å²) in [5.41, 5.74) is 5.83. The lowest BCUT2D eigenvalue weighted by atomic mass is 10.0. The Kier molecular flexibility index (Phi) is 4.31. The van der Waals surface area contributed by atoms with E-state index in [0.29, 0.717) is 19.4 Å². The number of nitrogens with zero attached hydrogens (tertiary/aromatic N) is 1. The van der Waals surface area contributed by atoms with Crippen molar-refractivity contribution in [1.29, 1.82) is 0 Å². The second-order valence-electron chi connectivity index (χ2n) is 5.05. The van der Waals surface area contributed by atoms with E-state index in [1.807, 2.05) is 6.92 Å². The van der Waals surface area contributed by atoms with Gasteiger partial charge in [0.25, 0.3) is 0 Å². The SMILES string of the molecule is COc1ccc(S(=O)(=O)N2CCC(N)CC2C)cc1F. The standard InChI is InChI=1S/C13H19FN2O3S/c1-9-7-10(15)5-6-16(9)20(17,18)11-3-4-13(19-2)12(14)8-11/h3-4,8-10H,5-7,15H2,1-2H3. The molecule has 2 atom stereocenters. The van der Waals surface area contributed by atoms with Crippen molar-refractivity contribution in [3.8, 4) is 5.75 Å². The van der Waals surface area contributed by atoms with Gasteiger partial charge in [0.1, 0.15) is 0 Å². The Bertz CT molecular complexity index is 591. The Labute approximate surface area is 118 Å². The smallest absolute Gasteiger partial charge is 0.243 e. The first-order valence-electron chi connectivity index (χ1n) is 6.47. The zero-order chi connectivity index (χ0) is 14.9. The summed E-state index contributed by atoms with van der Waals surface area (Å²) in [4.78, 5) is -0.0573. The first-order chi connectivity index (χ1) is 9.36. The summed E-state index contributed by atoms with van der Waals surface area (Å²) in [6.07, 6.45) is 1.22. The molecule has 1 aromatic carbocycles. The van der Waals surface area contributed by atoms with Gasteiger partial charge in [-0.1, -0.05) is 0 Å². The fraction of sp³-hybridized carbons (Fsp3) is 0.538. The molecule has 0 amide bonds. The Balaban J connectivity index is 2.33. The molecule has 0 radical (unpaired) electrons. The first-order valence-corrected chi connectivity index (χ1v) is 7.91. The molecule has 2 N–H and O–H groups in total. The maximum atomic E-state index is 13.7. The highest BCUT2D eigenvalue weighted by atomic mass is 32.2. The summed E-state index contributed by atoms with van der Waals surface area (Å²) < 4.78 is 44.9. The minimum atomic E-state index is -3.70. The van der Waals surface area contributed by atoms with E-state index in [4.69, 9.17) is 10.5 Å². The summed E-state index contributed by atoms with van der Waals surface area (Å²) in [7, 11) is -2.37. The molecule has 5 nitrogen and oxygen atoms in total. The van der Waals surface area contributed by atoms with Crippen LogP contribution in [0.1, 0.15) is 19.8 Å². The number of piperidine rings is 1. The van der Waals surface area contributed by atoms with E-state index >= 15 is 0 Å². The number of benzene rings is 1. The third kappa shape index (κ3) is 2.79. The van der Waals surface area contributed by atoms with Gasteiger partial charge in [-0.15, -0.1) is 0 Å². The molecule has 0 aromatic heterocycles. The number of hydrogen-bond acceptors (Lipinski definition) is 4. The summed E-state index contributed by atoms with van der Waals surface area (Å²) in [6.45, 7) is 2.18. The summed E-state index contributed by atoms with van der Waals surface area (Å²) in [5.74, 6) is -0.660. The topological polar surface area (TPSA) is 72.6 Å². The molecule has 20 heavy (non-hydrogen) atoms. The van der Waals surface area contributed by atoms with Gasteiger partial charge in [-0.25, -0.2) is 12.8 Å². The maximum absolute atomic E-state index is 13.7. The second kappa shape index (κ2) is 5.67. The van der Waals surface area contributed by atoms with Crippen LogP contribution in [0.5, 0.6) is 5.75 Å². The van der Waals surface area contributed by atoms with Gasteiger partial charge >= 0.3 is 0 Å². The highest BCUT2D eigenvalue weighted by Crippen LogP contribution is 2.27. The van der Waals surface area contributed by atoms with Gasteiger partial charge in [0.2, 0.25) is 10.0 Å². The molecule has 0 bridgehead atoms. The molecular formula is C13H19FN2O3S. The zero-order valence-electron chi connectivity index (χ0n) is 11.5. The van der Waals surface area contributed by atoms with Crippen LogP contribution in [-0.2, 0) is 10.0 Å². The van der Waals surface area contributed by atoms with Gasteiger partial charge in [-0.2, -0.15) is 4.31 Å². The van der Waals surface area contributed by atoms with Crippen molar-refractivity contribution in [2.24, 2.45) is 5.73 Å². The molecule has 2 rings (SSSR count). The zero-order valence-corrected chi connectivity index (χ0v) is 12.4. The van der Waals surface area contributed by atoms with Gasteiger partial charge < -0.3 is 10.5 Å². The number of rotatable bonds is 3. The third-order valence-electron chi connectivity index (χ3n) is 3.59. The fourth-order valence-electron chi connectivity index (χ4n) is 2.49. The number of halogens is 1. The Morgan fingerprint density at radius 2 is 2.15 bits per heavy atom. The number of hydrogen-bond donors (Lipinski definition) is 1. The van der Waals surface area contributed by atoms with Crippen LogP contribution in [0.25, 0.3) is 0 Å². The summed E-state index contributed by atoms with van der Waals surface area (Å²) in [6, 6.07) is 3.51. The summed E-state index contributed by atoms with van der Waals surface area (Å²) >= 11 is 0. The number of ether oxygens (including phenoxy) is 1. The van der Waals surface area contributed by atoms with Crippen molar-refractivity contribution in [3.63, 3.8) is 0 Å². The molecule has 1 fully saturated rings. The first kappa shape index (κ1) is 15.2. The van der Waals surface area contributed by atoms with Crippen LogP contribution in [0.3, 0.4) is 0 Å². The monoisotopic (exact) mass is 302 g/mol. The lowest BCUT2D eigenvalue weighted by Gasteiger charge is -2.35. The molecule has 112 valence electrons. The van der Waals surface area contributed by atoms with Crippen LogP contribution in [0, 0.1) is 5.82 Å². The van der Waals surface area contributed by atoms with Gasteiger partial charge in [-0.05, 0) is 38.0 Å². The number of nitrogens with two attached hydrogens (primary N) is 1. The predicted molar refractivity (Wildman–Crippen MR) is 73.5 cm³/mol. The maximum Gasteiger partial charge on any atom is 0.243 e. The summed E-state index contributed by atoms with van der Waals surface area (Å²) in [5, 5.41) is 0. The van der Waals surface area contributed by atoms with Gasteiger partial charge in [0, 0.05) is 18.6 Å². The normalized spacial score (nSPS) is 24.6. The molecule has 1 aliphatic heterocycles. The highest BCUT2D eigenvalue weighted by molar-refractivity contribution is 7.89. The minimum absolute atomic E-state index is 0.0176. The quantitative estimate of drug-likeness (QED) is 0.914. The van der Waals surface area contributed by atoms with E-state index in [1.165, 1.54) is 23.5 Å². The van der Waals surface area contributed by atoms with Crippen LogP contribution >= 0.6 is 0 Å². The molecule has 7 heteroatoms. The van der Waals surface area contributed by atoms with E-state index in [9.17, 15) is 12.8 Å². The molecule has 1 aliphatic rings. The van der Waals surface area contributed by atoms with Crippen molar-refractivity contribution in [3.05, 3.63) is 24.0 Å². The fourth-order valence-corrected chi connectivity index (χ4v) is 4.16. The largest absolute Gasteiger partial charge is 0.494 e. The highest BCUT2D eigenvalue weighted by Gasteiger charge is 2.33. The molecule has 1 aromatic rings. The van der Waals surface area contributed by atoms with Crippen molar-refractivity contribution in [2.75, 3.05) is 13.7 Å². The van der Waals surface area contributed by atoms with Crippen LogP contribution in [-0.4, -0.2) is 38.5 Å². The number of sulfonamides is 1. The van der Waals surface area contributed by atoms with E-state index in [-0.39, 0.29) is 22.7 Å². The van der Waals surface area contributed by atoms with Crippen LogP contribution in [0.4, 0.5) is 4.39 Å². The molecular weight excluding hydrogens is 283 g/mol. The van der Waals surface area contributed by atoms with Crippen molar-refractivity contribution in [1.82, 2.24) is 4.31 Å². The second-order valence-corrected chi connectivity index (χ2v) is 6.94. The Morgan fingerprint density at radius 1 is 1.45 bits per heavy atom. The lowest BCUT2D eigenvalue weighted by Crippen LogP contribution is -2.48. The Morgan fingerprint density at radius 3 is 2.70 bits per heavy atom. The van der Waals surface area contributed by atoms with Crippen molar-refractivity contribution in [2.45, 2.75) is 36.7 Å². The predicted octanol–water partition coefficient (Wildman–Crippen LogP) is 1.33. The molecule has 2 unspecified atom stereocenters. The van der Waals surface area contributed by atoms with Crippen LogP contribution in [0.2, 0.25) is 0 Å². The van der Waals surface area contributed by atoms with Crippen molar-refractivity contribution >= 4 is 10.0 Å². The van der Waals surface area contributed by atoms with Crippen LogP contribution < -0.4 is 10.5 Å². The minimum Gasteiger partial charge on any atom is -0.494 e. The van der Waals surface area contributed by atoms with Crippen LogP contribution in [0.15, 0.2) is 23.1 Å². The lowest BCUT2D eigenvalue weighted by molar-refractivity contribution is 0.247. The molecule has 1 heterocycles. The van der Waals surface area contributed by atoms with Crippen molar-refractivity contribution < 1.29 is 17.5 Å². The molecule has 0 aliphatic carbocycles. The number of methoxy groups -OCH3 is 1. The van der Waals surface area contributed by atoms with E-state index in [0.717, 1.165) is 6.07 Å².